The summed E-state index contributed by atoms with van der Waals surface area (Å²) in [6.45, 7) is 3.44. The number of benzene rings is 2. The molecular formula is C25H29Cl2N3O3. The second-order valence-corrected chi connectivity index (χ2v) is 9.46. The van der Waals surface area contributed by atoms with Gasteiger partial charge in [0.05, 0.1) is 23.7 Å². The third kappa shape index (κ3) is 5.62. The van der Waals surface area contributed by atoms with Crippen LogP contribution in [0.15, 0.2) is 42.5 Å². The first kappa shape index (κ1) is 23.9. The Hall–Kier alpha value is -2.28. The first-order chi connectivity index (χ1) is 16.0. The molecule has 0 radical (unpaired) electrons. The van der Waals surface area contributed by atoms with Gasteiger partial charge in [-0.1, -0.05) is 41.4 Å². The highest BCUT2D eigenvalue weighted by Crippen LogP contribution is 2.35. The third-order valence-corrected chi connectivity index (χ3v) is 7.46. The van der Waals surface area contributed by atoms with E-state index in [0.717, 1.165) is 44.6 Å². The molecule has 176 valence electrons. The lowest BCUT2D eigenvalue weighted by molar-refractivity contribution is -0.129. The van der Waals surface area contributed by atoms with Crippen LogP contribution in [0, 0.1) is 0 Å². The molecule has 2 saturated heterocycles. The maximum atomic E-state index is 12.7. The molecule has 1 N–H and O–H groups in total. The number of piperidine rings is 1. The minimum absolute atomic E-state index is 0.0261. The standard InChI is InChI=1S/C25H29Cl2N3O3/c1-33-23-5-3-2-4-20(23)17-8-11-29(12-9-17)19-10-13-30(16-19)24(31)15-28-25(32)18-6-7-21(26)22(27)14-18/h2-7,14,17,19H,8-13,15-16H2,1H3,(H,28,32). The molecular weight excluding hydrogens is 461 g/mol. The summed E-state index contributed by atoms with van der Waals surface area (Å²) in [5.74, 6) is 1.08. The lowest BCUT2D eigenvalue weighted by atomic mass is 9.88. The highest BCUT2D eigenvalue weighted by Gasteiger charge is 2.33. The number of para-hydroxylation sites is 1. The zero-order valence-electron chi connectivity index (χ0n) is 18.7. The lowest BCUT2D eigenvalue weighted by Crippen LogP contribution is -2.44. The fourth-order valence-corrected chi connectivity index (χ4v) is 5.15. The number of ether oxygens (including phenoxy) is 1. The average Bonchev–Trinajstić information content (AvgIpc) is 3.34. The van der Waals surface area contributed by atoms with Gasteiger partial charge in [0.2, 0.25) is 5.91 Å². The van der Waals surface area contributed by atoms with E-state index >= 15 is 0 Å². The molecule has 8 heteroatoms. The van der Waals surface area contributed by atoms with Gasteiger partial charge in [-0.3, -0.25) is 14.5 Å². The van der Waals surface area contributed by atoms with Gasteiger partial charge in [0, 0.05) is 24.7 Å². The Morgan fingerprint density at radius 2 is 1.79 bits per heavy atom. The number of amides is 2. The summed E-state index contributed by atoms with van der Waals surface area (Å²) in [6, 6.07) is 13.3. The van der Waals surface area contributed by atoms with Crippen LogP contribution in [0.4, 0.5) is 0 Å². The number of halogens is 2. The van der Waals surface area contributed by atoms with Gasteiger partial charge in [-0.25, -0.2) is 0 Å². The molecule has 0 bridgehead atoms. The summed E-state index contributed by atoms with van der Waals surface area (Å²) >= 11 is 11.9. The van der Waals surface area contributed by atoms with E-state index in [2.05, 4.69) is 22.3 Å². The van der Waals surface area contributed by atoms with E-state index in [-0.39, 0.29) is 18.4 Å². The molecule has 1 atom stereocenters. The number of hydrogen-bond acceptors (Lipinski definition) is 4. The fraction of sp³-hybridized carbons (Fsp3) is 0.440. The second-order valence-electron chi connectivity index (χ2n) is 8.65. The van der Waals surface area contributed by atoms with Gasteiger partial charge in [0.1, 0.15) is 5.75 Å². The predicted octanol–water partition coefficient (Wildman–Crippen LogP) is 4.21. The number of carbonyl (C=O) groups is 2. The zero-order chi connectivity index (χ0) is 23.4. The summed E-state index contributed by atoms with van der Waals surface area (Å²) in [5, 5.41) is 3.39. The van der Waals surface area contributed by atoms with Crippen molar-refractivity contribution in [2.24, 2.45) is 0 Å². The van der Waals surface area contributed by atoms with Crippen molar-refractivity contribution in [3.8, 4) is 5.75 Å². The Balaban J connectivity index is 1.24. The van der Waals surface area contributed by atoms with Gasteiger partial charge in [-0.15, -0.1) is 0 Å². The molecule has 2 aromatic rings. The van der Waals surface area contributed by atoms with Crippen LogP contribution in [-0.2, 0) is 4.79 Å². The van der Waals surface area contributed by atoms with Gasteiger partial charge < -0.3 is 15.0 Å². The highest BCUT2D eigenvalue weighted by atomic mass is 35.5. The van der Waals surface area contributed by atoms with E-state index in [4.69, 9.17) is 27.9 Å². The van der Waals surface area contributed by atoms with Crippen molar-refractivity contribution in [1.82, 2.24) is 15.1 Å². The molecule has 33 heavy (non-hydrogen) atoms. The topological polar surface area (TPSA) is 61.9 Å². The van der Waals surface area contributed by atoms with Crippen LogP contribution in [0.1, 0.15) is 41.1 Å². The van der Waals surface area contributed by atoms with Crippen LogP contribution in [0.2, 0.25) is 10.0 Å². The maximum absolute atomic E-state index is 12.7. The Morgan fingerprint density at radius 3 is 2.52 bits per heavy atom. The van der Waals surface area contributed by atoms with Crippen molar-refractivity contribution in [2.75, 3.05) is 39.8 Å². The van der Waals surface area contributed by atoms with Crippen LogP contribution >= 0.6 is 23.2 Å². The summed E-state index contributed by atoms with van der Waals surface area (Å²) in [7, 11) is 1.73. The quantitative estimate of drug-likeness (QED) is 0.659. The molecule has 0 aromatic heterocycles. The molecule has 1 unspecified atom stereocenters. The molecule has 0 saturated carbocycles. The number of nitrogens with zero attached hydrogens (tertiary/aromatic N) is 2. The molecule has 2 aromatic carbocycles. The van der Waals surface area contributed by atoms with Gasteiger partial charge >= 0.3 is 0 Å². The summed E-state index contributed by atoms with van der Waals surface area (Å²) in [6.07, 6.45) is 3.14. The molecule has 0 aliphatic carbocycles. The van der Waals surface area contributed by atoms with E-state index in [1.165, 1.54) is 11.6 Å². The van der Waals surface area contributed by atoms with Gasteiger partial charge in [-0.05, 0) is 68.1 Å². The van der Waals surface area contributed by atoms with Crippen molar-refractivity contribution in [3.63, 3.8) is 0 Å². The fourth-order valence-electron chi connectivity index (χ4n) is 4.85. The second kappa shape index (κ2) is 10.8. The normalized spacial score (nSPS) is 19.5. The highest BCUT2D eigenvalue weighted by molar-refractivity contribution is 6.42. The van der Waals surface area contributed by atoms with Crippen molar-refractivity contribution in [3.05, 3.63) is 63.6 Å². The van der Waals surface area contributed by atoms with E-state index < -0.39 is 0 Å². The smallest absolute Gasteiger partial charge is 0.251 e. The van der Waals surface area contributed by atoms with E-state index in [9.17, 15) is 9.59 Å². The number of hydrogen-bond donors (Lipinski definition) is 1. The van der Waals surface area contributed by atoms with E-state index in [1.807, 2.05) is 17.0 Å². The molecule has 0 spiro atoms. The third-order valence-electron chi connectivity index (χ3n) is 6.72. The number of carbonyl (C=O) groups excluding carboxylic acids is 2. The molecule has 2 amide bonds. The zero-order valence-corrected chi connectivity index (χ0v) is 20.2. The van der Waals surface area contributed by atoms with Crippen molar-refractivity contribution >= 4 is 35.0 Å². The number of methoxy groups -OCH3 is 1. The molecule has 2 fully saturated rings. The molecule has 2 aliphatic heterocycles. The Labute approximate surface area is 204 Å². The number of rotatable bonds is 6. The van der Waals surface area contributed by atoms with Crippen LogP contribution in [-0.4, -0.2) is 67.5 Å². The first-order valence-corrected chi connectivity index (χ1v) is 12.1. The van der Waals surface area contributed by atoms with Crippen molar-refractivity contribution < 1.29 is 14.3 Å². The predicted molar refractivity (Wildman–Crippen MR) is 130 cm³/mol. The minimum atomic E-state index is -0.337. The van der Waals surface area contributed by atoms with Crippen LogP contribution in [0.25, 0.3) is 0 Å². The molecule has 2 aliphatic rings. The average molecular weight is 490 g/mol. The van der Waals surface area contributed by atoms with Crippen molar-refractivity contribution in [1.29, 1.82) is 0 Å². The monoisotopic (exact) mass is 489 g/mol. The Kier molecular flexibility index (Phi) is 7.78. The maximum Gasteiger partial charge on any atom is 0.251 e. The molecule has 2 heterocycles. The Bertz CT molecular complexity index is 1010. The van der Waals surface area contributed by atoms with Crippen LogP contribution in [0.3, 0.4) is 0 Å². The van der Waals surface area contributed by atoms with Gasteiger partial charge in [-0.2, -0.15) is 0 Å². The van der Waals surface area contributed by atoms with Gasteiger partial charge in [0.25, 0.3) is 5.91 Å². The van der Waals surface area contributed by atoms with Crippen LogP contribution < -0.4 is 10.1 Å². The lowest BCUT2D eigenvalue weighted by Gasteiger charge is -2.36. The first-order valence-electron chi connectivity index (χ1n) is 11.3. The number of likely N-dealkylation sites (tertiary alicyclic amines) is 2. The largest absolute Gasteiger partial charge is 0.496 e. The number of nitrogens with one attached hydrogen (secondary N) is 1. The van der Waals surface area contributed by atoms with E-state index in [0.29, 0.717) is 34.1 Å². The summed E-state index contributed by atoms with van der Waals surface area (Å²) in [4.78, 5) is 29.4. The van der Waals surface area contributed by atoms with Gasteiger partial charge in [0.15, 0.2) is 0 Å². The van der Waals surface area contributed by atoms with E-state index in [1.54, 1.807) is 19.2 Å². The summed E-state index contributed by atoms with van der Waals surface area (Å²) < 4.78 is 5.54. The SMILES string of the molecule is COc1ccccc1C1CCN(C2CCN(C(=O)CNC(=O)c3ccc(Cl)c(Cl)c3)C2)CC1. The molecule has 6 nitrogen and oxygen atoms in total. The minimum Gasteiger partial charge on any atom is -0.496 e. The summed E-state index contributed by atoms with van der Waals surface area (Å²) in [5.41, 5.74) is 1.68. The van der Waals surface area contributed by atoms with Crippen LogP contribution in [0.5, 0.6) is 5.75 Å². The Morgan fingerprint density at radius 1 is 1.03 bits per heavy atom. The molecule has 4 rings (SSSR count). The van der Waals surface area contributed by atoms with Crippen molar-refractivity contribution in [2.45, 2.75) is 31.2 Å².